The van der Waals surface area contributed by atoms with Crippen LogP contribution in [0, 0.1) is 11.3 Å². The van der Waals surface area contributed by atoms with Crippen LogP contribution in [0.1, 0.15) is 0 Å². The highest BCUT2D eigenvalue weighted by Gasteiger charge is 2.23. The van der Waals surface area contributed by atoms with E-state index in [0.717, 1.165) is 0 Å². The van der Waals surface area contributed by atoms with Crippen LogP contribution in [0.25, 0.3) is 0 Å². The molecule has 0 aliphatic heterocycles. The standard InChI is InChI=1S/C3H5NO4S2/c1-9(5,6)10(7,8)3-2-4/h3H2,1H3. The summed E-state index contributed by atoms with van der Waals surface area (Å²) in [5.74, 6) is -0.980. The lowest BCUT2D eigenvalue weighted by molar-refractivity contribution is 0.587. The molecule has 0 bridgehead atoms. The maximum Gasteiger partial charge on any atom is 0.266 e. The number of hydrogen-bond donors (Lipinski definition) is 0. The molecule has 0 aliphatic rings. The van der Waals surface area contributed by atoms with Crippen molar-refractivity contribution >= 4 is 17.7 Å². The summed E-state index contributed by atoms with van der Waals surface area (Å²) in [7, 11) is -8.35. The molecule has 0 unspecified atom stereocenters. The van der Waals surface area contributed by atoms with Gasteiger partial charge >= 0.3 is 0 Å². The molecule has 5 nitrogen and oxygen atoms in total. The first-order chi connectivity index (χ1) is 4.31. The van der Waals surface area contributed by atoms with Crippen molar-refractivity contribution < 1.29 is 16.8 Å². The van der Waals surface area contributed by atoms with Crippen molar-refractivity contribution in [3.63, 3.8) is 0 Å². The monoisotopic (exact) mass is 183 g/mol. The van der Waals surface area contributed by atoms with Crippen LogP contribution in [0.4, 0.5) is 0 Å². The fourth-order valence-corrected chi connectivity index (χ4v) is 1.36. The van der Waals surface area contributed by atoms with Crippen LogP contribution in [0.3, 0.4) is 0 Å². The van der Waals surface area contributed by atoms with E-state index in [1.807, 2.05) is 0 Å². The van der Waals surface area contributed by atoms with E-state index in [9.17, 15) is 16.8 Å². The molecular formula is C3H5NO4S2. The predicted octanol–water partition coefficient (Wildman–Crippen LogP) is -1.12. The minimum Gasteiger partial charge on any atom is -0.213 e. The second-order valence-electron chi connectivity index (χ2n) is 1.56. The largest absolute Gasteiger partial charge is 0.266 e. The van der Waals surface area contributed by atoms with Gasteiger partial charge in [0.25, 0.3) is 17.7 Å². The van der Waals surface area contributed by atoms with E-state index in [1.54, 1.807) is 0 Å². The Hall–Kier alpha value is -0.610. The first kappa shape index (κ1) is 9.39. The highest BCUT2D eigenvalue weighted by atomic mass is 33.2. The van der Waals surface area contributed by atoms with Crippen LogP contribution < -0.4 is 0 Å². The van der Waals surface area contributed by atoms with Crippen molar-refractivity contribution in [2.45, 2.75) is 0 Å². The molecule has 0 aromatic heterocycles. The van der Waals surface area contributed by atoms with Crippen LogP contribution in [0.2, 0.25) is 0 Å². The predicted molar refractivity (Wildman–Crippen MR) is 34.2 cm³/mol. The van der Waals surface area contributed by atoms with Crippen LogP contribution in [0.5, 0.6) is 0 Å². The van der Waals surface area contributed by atoms with Gasteiger partial charge in [-0.3, -0.25) is 0 Å². The van der Waals surface area contributed by atoms with E-state index in [0.29, 0.717) is 6.26 Å². The molecular weight excluding hydrogens is 178 g/mol. The van der Waals surface area contributed by atoms with Gasteiger partial charge in [-0.1, -0.05) is 0 Å². The van der Waals surface area contributed by atoms with Crippen molar-refractivity contribution in [1.29, 1.82) is 5.26 Å². The Morgan fingerprint density at radius 3 is 1.80 bits per heavy atom. The SMILES string of the molecule is CS(=O)(=O)S(=O)(=O)CC#N. The molecule has 0 N–H and O–H groups in total. The van der Waals surface area contributed by atoms with Crippen molar-refractivity contribution in [2.75, 3.05) is 12.0 Å². The fourth-order valence-electron chi connectivity index (χ4n) is 0.186. The number of hydrogen-bond acceptors (Lipinski definition) is 5. The molecule has 7 heteroatoms. The van der Waals surface area contributed by atoms with Gasteiger partial charge in [-0.2, -0.15) is 5.26 Å². The van der Waals surface area contributed by atoms with E-state index >= 15 is 0 Å². The molecule has 0 aromatic carbocycles. The van der Waals surface area contributed by atoms with Crippen LogP contribution in [-0.4, -0.2) is 28.8 Å². The lowest BCUT2D eigenvalue weighted by Crippen LogP contribution is -2.15. The number of nitrogens with zero attached hydrogens (tertiary/aromatic N) is 1. The molecule has 0 fully saturated rings. The minimum atomic E-state index is -4.24. The normalized spacial score (nSPS) is 12.4. The first-order valence-corrected chi connectivity index (χ1v) is 6.17. The molecule has 0 aliphatic carbocycles. The van der Waals surface area contributed by atoms with Gasteiger partial charge in [-0.15, -0.1) is 0 Å². The van der Waals surface area contributed by atoms with Crippen molar-refractivity contribution in [3.05, 3.63) is 0 Å². The Kier molecular flexibility index (Phi) is 2.40. The van der Waals surface area contributed by atoms with E-state index in [-0.39, 0.29) is 0 Å². The van der Waals surface area contributed by atoms with E-state index in [1.165, 1.54) is 6.07 Å². The molecule has 58 valence electrons. The van der Waals surface area contributed by atoms with E-state index < -0.39 is 23.5 Å². The smallest absolute Gasteiger partial charge is 0.213 e. The van der Waals surface area contributed by atoms with Gasteiger partial charge in [-0.25, -0.2) is 16.8 Å². The van der Waals surface area contributed by atoms with Crippen molar-refractivity contribution in [2.24, 2.45) is 0 Å². The lowest BCUT2D eigenvalue weighted by atomic mass is 10.9. The molecule has 0 saturated heterocycles. The van der Waals surface area contributed by atoms with Crippen LogP contribution >= 0.6 is 0 Å². The molecule has 0 atom stereocenters. The number of nitriles is 1. The summed E-state index contributed by atoms with van der Waals surface area (Å²) in [6.45, 7) is 0. The quantitative estimate of drug-likeness (QED) is 0.506. The molecule has 0 heterocycles. The van der Waals surface area contributed by atoms with Crippen LogP contribution in [0.15, 0.2) is 0 Å². The summed E-state index contributed by atoms with van der Waals surface area (Å²) in [5.41, 5.74) is 0. The maximum atomic E-state index is 10.4. The minimum absolute atomic E-state index is 0.555. The highest BCUT2D eigenvalue weighted by molar-refractivity contribution is 8.67. The molecule has 0 spiro atoms. The summed E-state index contributed by atoms with van der Waals surface area (Å²) >= 11 is 0. The highest BCUT2D eigenvalue weighted by Crippen LogP contribution is 1.98. The third kappa shape index (κ3) is 1.97. The zero-order chi connectivity index (χ0) is 8.41. The van der Waals surface area contributed by atoms with Crippen molar-refractivity contribution in [1.82, 2.24) is 0 Å². The summed E-state index contributed by atoms with van der Waals surface area (Å²) in [6.07, 6.45) is 0.555. The Morgan fingerprint density at radius 2 is 1.70 bits per heavy atom. The molecule has 0 aromatic rings. The Balaban J connectivity index is 5.04. The Labute approximate surface area is 58.5 Å². The summed E-state index contributed by atoms with van der Waals surface area (Å²) in [5, 5.41) is 7.87. The summed E-state index contributed by atoms with van der Waals surface area (Å²) in [4.78, 5) is 0. The molecule has 0 amide bonds. The topological polar surface area (TPSA) is 92.1 Å². The van der Waals surface area contributed by atoms with Crippen LogP contribution in [-0.2, 0) is 17.7 Å². The van der Waals surface area contributed by atoms with E-state index in [2.05, 4.69) is 0 Å². The summed E-state index contributed by atoms with van der Waals surface area (Å²) in [6, 6.07) is 1.25. The first-order valence-electron chi connectivity index (χ1n) is 2.11. The second kappa shape index (κ2) is 2.56. The number of rotatable bonds is 2. The van der Waals surface area contributed by atoms with Crippen molar-refractivity contribution in [3.8, 4) is 6.07 Å². The van der Waals surface area contributed by atoms with Gasteiger partial charge in [0.05, 0.1) is 12.3 Å². The molecule has 0 radical (unpaired) electrons. The van der Waals surface area contributed by atoms with E-state index in [4.69, 9.17) is 5.26 Å². The molecule has 10 heavy (non-hydrogen) atoms. The Morgan fingerprint density at radius 1 is 1.30 bits per heavy atom. The summed E-state index contributed by atoms with van der Waals surface area (Å²) < 4.78 is 41.5. The van der Waals surface area contributed by atoms with Gasteiger partial charge < -0.3 is 0 Å². The van der Waals surface area contributed by atoms with Gasteiger partial charge in [0.15, 0.2) is 5.75 Å². The van der Waals surface area contributed by atoms with Gasteiger partial charge in [-0.05, 0) is 0 Å². The van der Waals surface area contributed by atoms with Gasteiger partial charge in [0.1, 0.15) is 0 Å². The zero-order valence-electron chi connectivity index (χ0n) is 5.10. The fraction of sp³-hybridized carbons (Fsp3) is 0.667. The lowest BCUT2D eigenvalue weighted by Gasteiger charge is -1.91. The zero-order valence-corrected chi connectivity index (χ0v) is 6.74. The third-order valence-electron chi connectivity index (χ3n) is 0.703. The second-order valence-corrected chi connectivity index (χ2v) is 7.72. The maximum absolute atomic E-state index is 10.4. The molecule has 0 rings (SSSR count). The third-order valence-corrected chi connectivity index (χ3v) is 5.23. The average molecular weight is 183 g/mol. The van der Waals surface area contributed by atoms with Gasteiger partial charge in [0.2, 0.25) is 0 Å². The molecule has 0 saturated carbocycles. The average Bonchev–Trinajstić information content (AvgIpc) is 1.61. The van der Waals surface area contributed by atoms with Gasteiger partial charge in [0, 0.05) is 0 Å². The Bertz CT molecular complexity index is 342.